The van der Waals surface area contributed by atoms with E-state index in [1.54, 1.807) is 4.90 Å². The molecule has 2 rings (SSSR count). The van der Waals surface area contributed by atoms with Crippen LogP contribution in [0.15, 0.2) is 16.7 Å². The third-order valence-electron chi connectivity index (χ3n) is 4.67. The largest absolute Gasteiger partial charge is 0.478 e. The maximum Gasteiger partial charge on any atom is 0.338 e. The van der Waals surface area contributed by atoms with Crippen molar-refractivity contribution in [2.45, 2.75) is 39.5 Å². The van der Waals surface area contributed by atoms with Gasteiger partial charge in [-0.05, 0) is 18.3 Å². The normalized spacial score (nSPS) is 18.0. The Bertz CT molecular complexity index is 492. The number of carboxylic acids is 1. The van der Waals surface area contributed by atoms with E-state index in [9.17, 15) is 9.59 Å². The number of rotatable bonds is 4. The molecule has 1 fully saturated rings. The van der Waals surface area contributed by atoms with Crippen LogP contribution in [0.25, 0.3) is 0 Å². The highest BCUT2D eigenvalue weighted by molar-refractivity contribution is 5.95. The molecule has 1 aliphatic rings. The van der Waals surface area contributed by atoms with Gasteiger partial charge in [-0.1, -0.05) is 26.7 Å². The van der Waals surface area contributed by atoms with Crippen LogP contribution in [0.1, 0.15) is 60.4 Å². The predicted octanol–water partition coefficient (Wildman–Crippen LogP) is 3.02. The number of hydrogen-bond donors (Lipinski definition) is 1. The SMILES string of the molecule is CCC1(CC)CCN(C(=O)c2cc(C(=O)O)co2)CC1. The zero-order valence-corrected chi connectivity index (χ0v) is 12.0. The van der Waals surface area contributed by atoms with Gasteiger partial charge in [0.15, 0.2) is 5.76 Å². The van der Waals surface area contributed by atoms with Gasteiger partial charge in [0, 0.05) is 19.2 Å². The Morgan fingerprint density at radius 1 is 1.30 bits per heavy atom. The summed E-state index contributed by atoms with van der Waals surface area (Å²) in [7, 11) is 0. The second-order valence-electron chi connectivity index (χ2n) is 5.50. The first kappa shape index (κ1) is 14.6. The van der Waals surface area contributed by atoms with Crippen molar-refractivity contribution in [3.05, 3.63) is 23.7 Å². The van der Waals surface area contributed by atoms with Crippen molar-refractivity contribution in [1.82, 2.24) is 4.90 Å². The van der Waals surface area contributed by atoms with Crippen molar-refractivity contribution in [1.29, 1.82) is 0 Å². The topological polar surface area (TPSA) is 70.8 Å². The lowest BCUT2D eigenvalue weighted by molar-refractivity contribution is 0.0528. The molecule has 0 aliphatic carbocycles. The van der Waals surface area contributed by atoms with E-state index in [-0.39, 0.29) is 17.2 Å². The second-order valence-corrected chi connectivity index (χ2v) is 5.50. The van der Waals surface area contributed by atoms with Crippen molar-refractivity contribution >= 4 is 11.9 Å². The molecule has 1 aromatic heterocycles. The Morgan fingerprint density at radius 3 is 2.35 bits per heavy atom. The van der Waals surface area contributed by atoms with Gasteiger partial charge in [-0.15, -0.1) is 0 Å². The molecule has 2 heterocycles. The molecule has 0 spiro atoms. The molecule has 1 amide bonds. The van der Waals surface area contributed by atoms with Gasteiger partial charge < -0.3 is 14.4 Å². The molecule has 5 nitrogen and oxygen atoms in total. The van der Waals surface area contributed by atoms with Crippen molar-refractivity contribution in [2.75, 3.05) is 13.1 Å². The highest BCUT2D eigenvalue weighted by Crippen LogP contribution is 2.38. The Kier molecular flexibility index (Phi) is 4.16. The molecule has 0 unspecified atom stereocenters. The van der Waals surface area contributed by atoms with E-state index in [0.717, 1.165) is 31.9 Å². The summed E-state index contributed by atoms with van der Waals surface area (Å²) >= 11 is 0. The van der Waals surface area contributed by atoms with Gasteiger partial charge in [0.2, 0.25) is 0 Å². The molecule has 1 saturated heterocycles. The van der Waals surface area contributed by atoms with Crippen LogP contribution in [0.3, 0.4) is 0 Å². The summed E-state index contributed by atoms with van der Waals surface area (Å²) < 4.78 is 5.07. The lowest BCUT2D eigenvalue weighted by Gasteiger charge is -2.40. The number of hydrogen-bond acceptors (Lipinski definition) is 3. The molecule has 0 bridgehead atoms. The second kappa shape index (κ2) is 5.69. The molecule has 20 heavy (non-hydrogen) atoms. The lowest BCUT2D eigenvalue weighted by atomic mass is 9.74. The van der Waals surface area contributed by atoms with Gasteiger partial charge in [-0.3, -0.25) is 4.79 Å². The van der Waals surface area contributed by atoms with Crippen LogP contribution < -0.4 is 0 Å². The van der Waals surface area contributed by atoms with E-state index in [1.165, 1.54) is 6.07 Å². The Hall–Kier alpha value is -1.78. The Labute approximate surface area is 118 Å². The number of carboxylic acid groups (broad SMARTS) is 1. The van der Waals surface area contributed by atoms with E-state index in [1.807, 2.05) is 0 Å². The monoisotopic (exact) mass is 279 g/mol. The summed E-state index contributed by atoms with van der Waals surface area (Å²) in [6, 6.07) is 1.30. The van der Waals surface area contributed by atoms with Crippen molar-refractivity contribution in [3.63, 3.8) is 0 Å². The third kappa shape index (κ3) is 2.71. The first-order valence-electron chi connectivity index (χ1n) is 7.12. The first-order chi connectivity index (χ1) is 9.51. The molecular weight excluding hydrogens is 258 g/mol. The van der Waals surface area contributed by atoms with E-state index in [0.29, 0.717) is 18.5 Å². The summed E-state index contributed by atoms with van der Waals surface area (Å²) in [6.45, 7) is 5.83. The van der Waals surface area contributed by atoms with Crippen LogP contribution in [-0.2, 0) is 0 Å². The summed E-state index contributed by atoms with van der Waals surface area (Å²) in [5.41, 5.74) is 0.369. The minimum absolute atomic E-state index is 0.0156. The molecule has 0 aromatic carbocycles. The molecule has 1 aromatic rings. The zero-order chi connectivity index (χ0) is 14.8. The fraction of sp³-hybridized carbons (Fsp3) is 0.600. The number of amides is 1. The highest BCUT2D eigenvalue weighted by atomic mass is 16.4. The molecule has 0 saturated carbocycles. The van der Waals surface area contributed by atoms with Crippen LogP contribution in [-0.4, -0.2) is 35.0 Å². The van der Waals surface area contributed by atoms with E-state index in [4.69, 9.17) is 9.52 Å². The molecular formula is C15H21NO4. The predicted molar refractivity (Wildman–Crippen MR) is 73.8 cm³/mol. The Morgan fingerprint density at radius 2 is 1.90 bits per heavy atom. The summed E-state index contributed by atoms with van der Waals surface area (Å²) in [5, 5.41) is 8.84. The Balaban J connectivity index is 2.02. The standard InChI is InChI=1S/C15H21NO4/c1-3-15(4-2)5-7-16(8-6-15)13(17)12-9-11(10-20-12)14(18)19/h9-10H,3-8H2,1-2H3,(H,18,19). The van der Waals surface area contributed by atoms with Gasteiger partial charge in [-0.25, -0.2) is 4.79 Å². The van der Waals surface area contributed by atoms with Crippen LogP contribution in [0, 0.1) is 5.41 Å². The van der Waals surface area contributed by atoms with Gasteiger partial charge in [0.1, 0.15) is 6.26 Å². The summed E-state index contributed by atoms with van der Waals surface area (Å²) in [4.78, 5) is 24.8. The number of nitrogens with zero attached hydrogens (tertiary/aromatic N) is 1. The molecule has 1 N–H and O–H groups in total. The number of likely N-dealkylation sites (tertiary alicyclic amines) is 1. The summed E-state index contributed by atoms with van der Waals surface area (Å²) in [5.74, 6) is -1.18. The average molecular weight is 279 g/mol. The van der Waals surface area contributed by atoms with Gasteiger partial charge in [-0.2, -0.15) is 0 Å². The van der Waals surface area contributed by atoms with Crippen LogP contribution in [0.2, 0.25) is 0 Å². The van der Waals surface area contributed by atoms with Crippen LogP contribution in [0.5, 0.6) is 0 Å². The van der Waals surface area contributed by atoms with Crippen LogP contribution >= 0.6 is 0 Å². The van der Waals surface area contributed by atoms with Crippen LogP contribution in [0.4, 0.5) is 0 Å². The molecule has 0 atom stereocenters. The lowest BCUT2D eigenvalue weighted by Crippen LogP contribution is -2.42. The van der Waals surface area contributed by atoms with Gasteiger partial charge in [0.25, 0.3) is 5.91 Å². The fourth-order valence-electron chi connectivity index (χ4n) is 2.86. The highest BCUT2D eigenvalue weighted by Gasteiger charge is 2.33. The fourth-order valence-corrected chi connectivity index (χ4v) is 2.86. The number of furan rings is 1. The molecule has 110 valence electrons. The number of aromatic carboxylic acids is 1. The smallest absolute Gasteiger partial charge is 0.338 e. The number of piperidine rings is 1. The molecule has 5 heteroatoms. The number of carbonyl (C=O) groups is 2. The third-order valence-corrected chi connectivity index (χ3v) is 4.67. The number of carbonyl (C=O) groups excluding carboxylic acids is 1. The maximum atomic E-state index is 12.3. The van der Waals surface area contributed by atoms with Gasteiger partial charge >= 0.3 is 5.97 Å². The maximum absolute atomic E-state index is 12.3. The van der Waals surface area contributed by atoms with Crippen molar-refractivity contribution in [3.8, 4) is 0 Å². The van der Waals surface area contributed by atoms with Crippen molar-refractivity contribution in [2.24, 2.45) is 5.41 Å². The molecule has 0 radical (unpaired) electrons. The summed E-state index contributed by atoms with van der Waals surface area (Å²) in [6.07, 6.45) is 5.38. The van der Waals surface area contributed by atoms with Crippen molar-refractivity contribution < 1.29 is 19.1 Å². The van der Waals surface area contributed by atoms with Gasteiger partial charge in [0.05, 0.1) is 5.56 Å². The molecule has 1 aliphatic heterocycles. The zero-order valence-electron chi connectivity index (χ0n) is 12.0. The minimum Gasteiger partial charge on any atom is -0.478 e. The quantitative estimate of drug-likeness (QED) is 0.919. The van der Waals surface area contributed by atoms with E-state index >= 15 is 0 Å². The first-order valence-corrected chi connectivity index (χ1v) is 7.12. The van der Waals surface area contributed by atoms with E-state index < -0.39 is 5.97 Å². The minimum atomic E-state index is -1.08. The van der Waals surface area contributed by atoms with E-state index in [2.05, 4.69) is 13.8 Å². The average Bonchev–Trinajstić information content (AvgIpc) is 2.96.